The Labute approximate surface area is 116 Å². The number of primary amides is 1. The fourth-order valence-corrected chi connectivity index (χ4v) is 1.85. The zero-order chi connectivity index (χ0) is 14.4. The lowest BCUT2D eigenvalue weighted by molar-refractivity contribution is 0.0383. The minimum absolute atomic E-state index is 0.135. The molecule has 1 aromatic heterocycles. The lowest BCUT2D eigenvalue weighted by Crippen LogP contribution is -2.41. The second kappa shape index (κ2) is 6.92. The number of nitrogens with one attached hydrogen (secondary N) is 1. The topological polar surface area (TPSA) is 110 Å². The molecule has 1 aliphatic rings. The van der Waals surface area contributed by atoms with Crippen molar-refractivity contribution < 1.29 is 14.3 Å². The number of rotatable bonds is 5. The summed E-state index contributed by atoms with van der Waals surface area (Å²) in [4.78, 5) is 32.5. The highest BCUT2D eigenvalue weighted by Crippen LogP contribution is 1.97. The molecule has 2 heterocycles. The first-order valence-electron chi connectivity index (χ1n) is 6.38. The standard InChI is InChI=1S/C12H17N5O3/c13-10(18)11-14-2-1-9(16-11)12(19)15-3-4-17-5-7-20-8-6-17/h1-2H,3-8H2,(H2,13,18)(H,15,19). The quantitative estimate of drug-likeness (QED) is 0.688. The van der Waals surface area contributed by atoms with Crippen molar-refractivity contribution in [1.29, 1.82) is 0 Å². The van der Waals surface area contributed by atoms with Crippen LogP contribution in [-0.2, 0) is 4.74 Å². The summed E-state index contributed by atoms with van der Waals surface area (Å²) in [6.07, 6.45) is 1.34. The van der Waals surface area contributed by atoms with Crippen molar-refractivity contribution in [2.75, 3.05) is 39.4 Å². The summed E-state index contributed by atoms with van der Waals surface area (Å²) in [5.41, 5.74) is 5.20. The predicted molar refractivity (Wildman–Crippen MR) is 70.1 cm³/mol. The third-order valence-electron chi connectivity index (χ3n) is 2.93. The average molecular weight is 279 g/mol. The second-order valence-corrected chi connectivity index (χ2v) is 4.34. The third-order valence-corrected chi connectivity index (χ3v) is 2.93. The highest BCUT2D eigenvalue weighted by atomic mass is 16.5. The van der Waals surface area contributed by atoms with E-state index in [1.165, 1.54) is 12.3 Å². The molecule has 1 fully saturated rings. The number of hydrogen-bond donors (Lipinski definition) is 2. The molecular formula is C12H17N5O3. The Morgan fingerprint density at radius 3 is 2.85 bits per heavy atom. The smallest absolute Gasteiger partial charge is 0.286 e. The van der Waals surface area contributed by atoms with Crippen LogP contribution >= 0.6 is 0 Å². The number of ether oxygens (including phenoxy) is 1. The van der Waals surface area contributed by atoms with Gasteiger partial charge in [-0.25, -0.2) is 9.97 Å². The van der Waals surface area contributed by atoms with Crippen LogP contribution in [0.15, 0.2) is 12.3 Å². The van der Waals surface area contributed by atoms with Gasteiger partial charge in [0, 0.05) is 32.4 Å². The molecule has 8 heteroatoms. The van der Waals surface area contributed by atoms with Gasteiger partial charge in [0.15, 0.2) is 0 Å². The Balaban J connectivity index is 1.82. The molecule has 2 amide bonds. The van der Waals surface area contributed by atoms with Gasteiger partial charge in [0.05, 0.1) is 13.2 Å². The van der Waals surface area contributed by atoms with Crippen molar-refractivity contribution in [1.82, 2.24) is 20.2 Å². The number of aromatic nitrogens is 2. The van der Waals surface area contributed by atoms with Gasteiger partial charge in [0.25, 0.3) is 11.8 Å². The summed E-state index contributed by atoms with van der Waals surface area (Å²) in [5.74, 6) is -1.26. The molecule has 108 valence electrons. The molecule has 20 heavy (non-hydrogen) atoms. The number of hydrogen-bond acceptors (Lipinski definition) is 6. The van der Waals surface area contributed by atoms with Crippen LogP contribution in [0.5, 0.6) is 0 Å². The van der Waals surface area contributed by atoms with E-state index < -0.39 is 5.91 Å². The molecule has 2 rings (SSSR count). The van der Waals surface area contributed by atoms with Crippen molar-refractivity contribution in [2.45, 2.75) is 0 Å². The number of carbonyl (C=O) groups excluding carboxylic acids is 2. The van der Waals surface area contributed by atoms with Crippen LogP contribution in [0.1, 0.15) is 21.1 Å². The van der Waals surface area contributed by atoms with E-state index in [1.807, 2.05) is 0 Å². The lowest BCUT2D eigenvalue weighted by Gasteiger charge is -2.26. The highest BCUT2D eigenvalue weighted by molar-refractivity contribution is 5.94. The van der Waals surface area contributed by atoms with Gasteiger partial charge >= 0.3 is 0 Å². The fourth-order valence-electron chi connectivity index (χ4n) is 1.85. The maximum atomic E-state index is 11.9. The van der Waals surface area contributed by atoms with E-state index in [4.69, 9.17) is 10.5 Å². The van der Waals surface area contributed by atoms with Gasteiger partial charge < -0.3 is 15.8 Å². The normalized spacial score (nSPS) is 15.8. The van der Waals surface area contributed by atoms with E-state index in [9.17, 15) is 9.59 Å². The molecule has 0 atom stereocenters. The number of nitrogens with zero attached hydrogens (tertiary/aromatic N) is 3. The van der Waals surface area contributed by atoms with E-state index in [1.54, 1.807) is 0 Å². The Kier molecular flexibility index (Phi) is 4.97. The minimum atomic E-state index is -0.757. The number of amides is 2. The van der Waals surface area contributed by atoms with Crippen molar-refractivity contribution >= 4 is 11.8 Å². The van der Waals surface area contributed by atoms with E-state index in [2.05, 4.69) is 20.2 Å². The Morgan fingerprint density at radius 2 is 2.15 bits per heavy atom. The first-order chi connectivity index (χ1) is 9.66. The zero-order valence-corrected chi connectivity index (χ0v) is 11.0. The van der Waals surface area contributed by atoms with Crippen LogP contribution in [0.2, 0.25) is 0 Å². The molecular weight excluding hydrogens is 262 g/mol. The minimum Gasteiger partial charge on any atom is -0.379 e. The van der Waals surface area contributed by atoms with Gasteiger partial charge in [-0.3, -0.25) is 14.5 Å². The summed E-state index contributed by atoms with van der Waals surface area (Å²) >= 11 is 0. The average Bonchev–Trinajstić information content (AvgIpc) is 2.48. The van der Waals surface area contributed by atoms with Gasteiger partial charge in [-0.2, -0.15) is 0 Å². The molecule has 3 N–H and O–H groups in total. The first kappa shape index (κ1) is 14.4. The number of nitrogens with two attached hydrogens (primary N) is 1. The number of morpholine rings is 1. The maximum Gasteiger partial charge on any atom is 0.286 e. The largest absolute Gasteiger partial charge is 0.379 e. The van der Waals surface area contributed by atoms with Gasteiger partial charge in [-0.15, -0.1) is 0 Å². The molecule has 0 bridgehead atoms. The summed E-state index contributed by atoms with van der Waals surface area (Å²) in [6.45, 7) is 4.45. The monoisotopic (exact) mass is 279 g/mol. The third kappa shape index (κ3) is 3.97. The van der Waals surface area contributed by atoms with Crippen LogP contribution < -0.4 is 11.1 Å². The maximum absolute atomic E-state index is 11.9. The lowest BCUT2D eigenvalue weighted by atomic mass is 10.3. The highest BCUT2D eigenvalue weighted by Gasteiger charge is 2.13. The van der Waals surface area contributed by atoms with Crippen LogP contribution in [0.4, 0.5) is 0 Å². The SMILES string of the molecule is NC(=O)c1nccc(C(=O)NCCN2CCOCC2)n1. The molecule has 8 nitrogen and oxygen atoms in total. The predicted octanol–water partition coefficient (Wildman–Crippen LogP) is -1.36. The molecule has 0 saturated carbocycles. The van der Waals surface area contributed by atoms with Crippen molar-refractivity contribution in [2.24, 2.45) is 5.73 Å². The van der Waals surface area contributed by atoms with Crippen molar-refractivity contribution in [3.05, 3.63) is 23.8 Å². The van der Waals surface area contributed by atoms with Gasteiger partial charge in [-0.1, -0.05) is 0 Å². The molecule has 1 aliphatic heterocycles. The summed E-state index contributed by atoms with van der Waals surface area (Å²) < 4.78 is 5.24. The van der Waals surface area contributed by atoms with E-state index >= 15 is 0 Å². The van der Waals surface area contributed by atoms with E-state index in [0.717, 1.165) is 32.8 Å². The second-order valence-electron chi connectivity index (χ2n) is 4.34. The van der Waals surface area contributed by atoms with Crippen LogP contribution in [-0.4, -0.2) is 66.1 Å². The van der Waals surface area contributed by atoms with E-state index in [0.29, 0.717) is 6.54 Å². The van der Waals surface area contributed by atoms with Crippen molar-refractivity contribution in [3.63, 3.8) is 0 Å². The first-order valence-corrected chi connectivity index (χ1v) is 6.38. The van der Waals surface area contributed by atoms with Gasteiger partial charge in [0.2, 0.25) is 5.82 Å². The molecule has 0 aromatic carbocycles. The van der Waals surface area contributed by atoms with Crippen LogP contribution in [0.25, 0.3) is 0 Å². The molecule has 1 saturated heterocycles. The zero-order valence-electron chi connectivity index (χ0n) is 11.0. The van der Waals surface area contributed by atoms with Crippen LogP contribution in [0, 0.1) is 0 Å². The van der Waals surface area contributed by atoms with E-state index in [-0.39, 0.29) is 17.4 Å². The Morgan fingerprint density at radius 1 is 1.40 bits per heavy atom. The number of carbonyl (C=O) groups is 2. The van der Waals surface area contributed by atoms with Crippen LogP contribution in [0.3, 0.4) is 0 Å². The Bertz CT molecular complexity index is 488. The van der Waals surface area contributed by atoms with Gasteiger partial charge in [0.1, 0.15) is 5.69 Å². The summed E-state index contributed by atoms with van der Waals surface area (Å²) in [6, 6.07) is 1.44. The molecule has 0 aliphatic carbocycles. The Hall–Kier alpha value is -2.06. The summed E-state index contributed by atoms with van der Waals surface area (Å²) in [7, 11) is 0. The molecule has 0 radical (unpaired) electrons. The fraction of sp³-hybridized carbons (Fsp3) is 0.500. The van der Waals surface area contributed by atoms with Gasteiger partial charge in [-0.05, 0) is 6.07 Å². The van der Waals surface area contributed by atoms with Crippen molar-refractivity contribution in [3.8, 4) is 0 Å². The molecule has 0 spiro atoms. The summed E-state index contributed by atoms with van der Waals surface area (Å²) in [5, 5.41) is 2.75. The molecule has 0 unspecified atom stereocenters. The molecule has 1 aromatic rings.